The molecule has 1 aromatic heterocycles. The van der Waals surface area contributed by atoms with Gasteiger partial charge in [-0.15, -0.1) is 0 Å². The summed E-state index contributed by atoms with van der Waals surface area (Å²) in [6.45, 7) is 3.00. The molecule has 16 heavy (non-hydrogen) atoms. The molecule has 9 heteroatoms. The zero-order valence-corrected chi connectivity index (χ0v) is 9.86. The standard InChI is InChI=1S/C7H8ClF3N2O2S/c1-4(2)13-6(16(8,14)15)5(3-12-13)7(9,10)11/h3-4H,1-2H3. The second kappa shape index (κ2) is 3.92. The van der Waals surface area contributed by atoms with Crippen LogP contribution in [0.15, 0.2) is 11.2 Å². The van der Waals surface area contributed by atoms with Gasteiger partial charge in [0.2, 0.25) is 0 Å². The molecule has 1 aromatic rings. The minimum atomic E-state index is -4.80. The normalized spacial score (nSPS) is 13.4. The van der Waals surface area contributed by atoms with Gasteiger partial charge in [0.15, 0.2) is 5.03 Å². The Kier molecular flexibility index (Phi) is 3.26. The van der Waals surface area contributed by atoms with Gasteiger partial charge < -0.3 is 0 Å². The first kappa shape index (κ1) is 13.3. The summed E-state index contributed by atoms with van der Waals surface area (Å²) in [4.78, 5) is 0. The molecular formula is C7H8ClF3N2O2S. The highest BCUT2D eigenvalue weighted by Gasteiger charge is 2.40. The van der Waals surface area contributed by atoms with Crippen LogP contribution in [0.2, 0.25) is 0 Å². The molecule has 0 unspecified atom stereocenters. The van der Waals surface area contributed by atoms with E-state index < -0.39 is 31.9 Å². The van der Waals surface area contributed by atoms with E-state index in [1.807, 2.05) is 0 Å². The van der Waals surface area contributed by atoms with Crippen molar-refractivity contribution in [3.63, 3.8) is 0 Å². The molecule has 0 N–H and O–H groups in total. The second-order valence-corrected chi connectivity index (χ2v) is 5.82. The average Bonchev–Trinajstić information content (AvgIpc) is 2.43. The molecule has 0 aliphatic rings. The van der Waals surface area contributed by atoms with Gasteiger partial charge in [0.25, 0.3) is 9.05 Å². The van der Waals surface area contributed by atoms with Gasteiger partial charge in [0.05, 0.1) is 6.20 Å². The van der Waals surface area contributed by atoms with Crippen molar-refractivity contribution in [2.45, 2.75) is 31.1 Å². The first-order chi connectivity index (χ1) is 7.05. The lowest BCUT2D eigenvalue weighted by atomic mass is 10.3. The smallest absolute Gasteiger partial charge is 0.250 e. The molecule has 0 atom stereocenters. The van der Waals surface area contributed by atoms with E-state index in [1.165, 1.54) is 13.8 Å². The summed E-state index contributed by atoms with van der Waals surface area (Å²) in [5.41, 5.74) is -1.35. The first-order valence-corrected chi connectivity index (χ1v) is 6.45. The predicted molar refractivity (Wildman–Crippen MR) is 50.7 cm³/mol. The van der Waals surface area contributed by atoms with Gasteiger partial charge in [-0.2, -0.15) is 18.3 Å². The van der Waals surface area contributed by atoms with E-state index in [9.17, 15) is 21.6 Å². The Balaban J connectivity index is 3.57. The molecule has 92 valence electrons. The van der Waals surface area contributed by atoms with Crippen LogP contribution < -0.4 is 0 Å². The van der Waals surface area contributed by atoms with Crippen molar-refractivity contribution in [2.24, 2.45) is 0 Å². The minimum Gasteiger partial charge on any atom is -0.250 e. The van der Waals surface area contributed by atoms with E-state index in [0.717, 1.165) is 4.68 Å². The molecule has 1 rings (SSSR count). The van der Waals surface area contributed by atoms with Gasteiger partial charge in [0, 0.05) is 16.7 Å². The molecule has 0 radical (unpaired) electrons. The Bertz CT molecular complexity index is 492. The predicted octanol–water partition coefficient (Wildman–Crippen LogP) is 2.41. The molecule has 0 aromatic carbocycles. The Morgan fingerprint density at radius 3 is 2.25 bits per heavy atom. The van der Waals surface area contributed by atoms with Crippen LogP contribution in [0.5, 0.6) is 0 Å². The molecule has 0 spiro atoms. The van der Waals surface area contributed by atoms with Crippen LogP contribution in [0, 0.1) is 0 Å². The van der Waals surface area contributed by atoms with Crippen molar-refractivity contribution in [3.8, 4) is 0 Å². The number of aromatic nitrogens is 2. The van der Waals surface area contributed by atoms with Crippen molar-refractivity contribution < 1.29 is 21.6 Å². The van der Waals surface area contributed by atoms with Crippen molar-refractivity contribution >= 4 is 19.7 Å². The summed E-state index contributed by atoms with van der Waals surface area (Å²) in [5, 5.41) is 2.36. The fraction of sp³-hybridized carbons (Fsp3) is 0.571. The summed E-state index contributed by atoms with van der Waals surface area (Å²) in [5.74, 6) is 0. The quantitative estimate of drug-likeness (QED) is 0.780. The van der Waals surface area contributed by atoms with Gasteiger partial charge in [-0.3, -0.25) is 0 Å². The Morgan fingerprint density at radius 2 is 1.94 bits per heavy atom. The SMILES string of the molecule is CC(C)n1ncc(C(F)(F)F)c1S(=O)(=O)Cl. The number of hydrogen-bond acceptors (Lipinski definition) is 3. The van der Waals surface area contributed by atoms with E-state index in [4.69, 9.17) is 10.7 Å². The third-order valence-electron chi connectivity index (χ3n) is 1.78. The summed E-state index contributed by atoms with van der Waals surface area (Å²) in [6, 6.07) is -0.542. The number of nitrogens with zero attached hydrogens (tertiary/aromatic N) is 2. The summed E-state index contributed by atoms with van der Waals surface area (Å²) in [7, 11) is 0.475. The molecular weight excluding hydrogens is 269 g/mol. The van der Waals surface area contributed by atoms with Crippen LogP contribution in [0.3, 0.4) is 0 Å². The first-order valence-electron chi connectivity index (χ1n) is 4.14. The van der Waals surface area contributed by atoms with Crippen LogP contribution in [-0.4, -0.2) is 18.2 Å². The number of alkyl halides is 3. The maximum absolute atomic E-state index is 12.5. The lowest BCUT2D eigenvalue weighted by Crippen LogP contribution is -2.14. The van der Waals surface area contributed by atoms with Gasteiger partial charge in [0.1, 0.15) is 5.56 Å². The van der Waals surface area contributed by atoms with Crippen molar-refractivity contribution in [3.05, 3.63) is 11.8 Å². The van der Waals surface area contributed by atoms with Crippen LogP contribution in [0.4, 0.5) is 13.2 Å². The number of rotatable bonds is 2. The van der Waals surface area contributed by atoms with Crippen LogP contribution in [0.25, 0.3) is 0 Å². The largest absolute Gasteiger partial charge is 0.420 e. The van der Waals surface area contributed by atoms with E-state index in [2.05, 4.69) is 5.10 Å². The van der Waals surface area contributed by atoms with E-state index in [0.29, 0.717) is 6.20 Å². The summed E-state index contributed by atoms with van der Waals surface area (Å²) < 4.78 is 60.3. The van der Waals surface area contributed by atoms with Gasteiger partial charge in [-0.05, 0) is 13.8 Å². The van der Waals surface area contributed by atoms with E-state index in [1.54, 1.807) is 0 Å². The molecule has 0 saturated heterocycles. The molecule has 4 nitrogen and oxygen atoms in total. The average molecular weight is 277 g/mol. The second-order valence-electron chi connectivity index (χ2n) is 3.34. The highest BCUT2D eigenvalue weighted by atomic mass is 35.7. The van der Waals surface area contributed by atoms with Gasteiger partial charge in [-0.25, -0.2) is 13.1 Å². The highest BCUT2D eigenvalue weighted by molar-refractivity contribution is 8.13. The Hall–Kier alpha value is -0.760. The van der Waals surface area contributed by atoms with Gasteiger partial charge >= 0.3 is 6.18 Å². The lowest BCUT2D eigenvalue weighted by molar-refractivity contribution is -0.140. The monoisotopic (exact) mass is 276 g/mol. The van der Waals surface area contributed by atoms with Crippen molar-refractivity contribution in [1.29, 1.82) is 0 Å². The highest BCUT2D eigenvalue weighted by Crippen LogP contribution is 2.36. The van der Waals surface area contributed by atoms with Crippen LogP contribution >= 0.6 is 10.7 Å². The Morgan fingerprint density at radius 1 is 1.44 bits per heavy atom. The third kappa shape index (κ3) is 2.49. The molecule has 0 aliphatic carbocycles. The molecule has 0 saturated carbocycles. The summed E-state index contributed by atoms with van der Waals surface area (Å²) >= 11 is 0. The summed E-state index contributed by atoms with van der Waals surface area (Å²) in [6.07, 6.45) is -4.35. The van der Waals surface area contributed by atoms with Crippen LogP contribution in [0.1, 0.15) is 25.5 Å². The zero-order chi connectivity index (χ0) is 12.7. The van der Waals surface area contributed by atoms with Crippen LogP contribution in [-0.2, 0) is 15.2 Å². The molecule has 0 aliphatic heterocycles. The minimum absolute atomic E-state index is 0.454. The fourth-order valence-corrected chi connectivity index (χ4v) is 2.53. The van der Waals surface area contributed by atoms with E-state index >= 15 is 0 Å². The number of halogens is 4. The molecule has 0 amide bonds. The lowest BCUT2D eigenvalue weighted by Gasteiger charge is -2.11. The maximum atomic E-state index is 12.5. The van der Waals surface area contributed by atoms with E-state index in [-0.39, 0.29) is 0 Å². The zero-order valence-electron chi connectivity index (χ0n) is 8.29. The molecule has 1 heterocycles. The maximum Gasteiger partial charge on any atom is 0.420 e. The van der Waals surface area contributed by atoms with Gasteiger partial charge in [-0.1, -0.05) is 0 Å². The third-order valence-corrected chi connectivity index (χ3v) is 3.08. The number of hydrogen-bond donors (Lipinski definition) is 0. The Labute approximate surface area is 94.4 Å². The van der Waals surface area contributed by atoms with Crippen molar-refractivity contribution in [1.82, 2.24) is 9.78 Å². The topological polar surface area (TPSA) is 52.0 Å². The molecule has 0 bridgehead atoms. The fourth-order valence-electron chi connectivity index (χ4n) is 1.16. The van der Waals surface area contributed by atoms with Crippen molar-refractivity contribution in [2.75, 3.05) is 0 Å². The molecule has 0 fully saturated rings.